The number of rotatable bonds is 6. The molecule has 0 unspecified atom stereocenters. The normalized spacial score (nSPS) is 16.1. The third-order valence-corrected chi connectivity index (χ3v) is 6.26. The first-order chi connectivity index (χ1) is 15.6. The summed E-state index contributed by atoms with van der Waals surface area (Å²) in [7, 11) is 0. The Balaban J connectivity index is 1.27. The lowest BCUT2D eigenvalue weighted by Gasteiger charge is -2.48. The number of hydrogen-bond donors (Lipinski definition) is 1. The number of fused-ring (bicyclic) bond motifs is 3. The van der Waals surface area contributed by atoms with Crippen molar-refractivity contribution in [2.24, 2.45) is 0 Å². The van der Waals surface area contributed by atoms with E-state index in [0.717, 1.165) is 16.7 Å². The zero-order chi connectivity index (χ0) is 22.1. The molecule has 32 heavy (non-hydrogen) atoms. The van der Waals surface area contributed by atoms with Crippen LogP contribution < -0.4 is 0 Å². The summed E-state index contributed by atoms with van der Waals surface area (Å²) in [5.74, 6) is -1.05. The van der Waals surface area contributed by atoms with Gasteiger partial charge in [0.15, 0.2) is 0 Å². The number of carboxylic acids is 1. The molecule has 162 valence electrons. The lowest BCUT2D eigenvalue weighted by molar-refractivity contribution is -0.168. The molecular formula is C26H23NO5. The number of nitrogens with zero attached hydrogens (tertiary/aromatic N) is 1. The first-order valence-electron chi connectivity index (χ1n) is 10.6. The van der Waals surface area contributed by atoms with Crippen molar-refractivity contribution in [3.63, 3.8) is 0 Å². The van der Waals surface area contributed by atoms with E-state index in [4.69, 9.17) is 14.6 Å². The lowest BCUT2D eigenvalue weighted by Crippen LogP contribution is -2.63. The van der Waals surface area contributed by atoms with E-state index in [1.807, 2.05) is 54.6 Å². The van der Waals surface area contributed by atoms with E-state index < -0.39 is 24.3 Å². The monoisotopic (exact) mass is 429 g/mol. The number of benzene rings is 3. The molecule has 0 saturated carbocycles. The molecule has 1 saturated heterocycles. The van der Waals surface area contributed by atoms with Gasteiger partial charge in [-0.3, -0.25) is 0 Å². The summed E-state index contributed by atoms with van der Waals surface area (Å²) in [6, 6.07) is 25.8. The average Bonchev–Trinajstić information content (AvgIpc) is 3.11. The summed E-state index contributed by atoms with van der Waals surface area (Å²) in [5.41, 5.74) is 4.70. The van der Waals surface area contributed by atoms with Gasteiger partial charge in [0, 0.05) is 5.92 Å². The first-order valence-corrected chi connectivity index (χ1v) is 10.6. The van der Waals surface area contributed by atoms with E-state index in [9.17, 15) is 9.59 Å². The Labute approximate surface area is 186 Å². The van der Waals surface area contributed by atoms with Crippen molar-refractivity contribution < 1.29 is 24.2 Å². The van der Waals surface area contributed by atoms with Gasteiger partial charge in [-0.15, -0.1) is 0 Å². The van der Waals surface area contributed by atoms with Crippen LogP contribution in [0, 0.1) is 0 Å². The average molecular weight is 429 g/mol. The van der Waals surface area contributed by atoms with E-state index in [-0.39, 0.29) is 25.6 Å². The molecule has 6 heteroatoms. The SMILES string of the molecule is O=C(O)COC1(c2ccccc2)CN(C(=O)OCC2c3ccccc3-c3ccccc32)C1. The number of likely N-dealkylation sites (tertiary alicyclic amines) is 1. The molecule has 1 N–H and O–H groups in total. The molecule has 1 aliphatic carbocycles. The topological polar surface area (TPSA) is 76.1 Å². The zero-order valence-electron chi connectivity index (χ0n) is 17.4. The highest BCUT2D eigenvalue weighted by atomic mass is 16.6. The molecule has 1 aliphatic heterocycles. The number of hydrogen-bond acceptors (Lipinski definition) is 4. The van der Waals surface area contributed by atoms with Crippen molar-refractivity contribution in [3.8, 4) is 11.1 Å². The molecule has 0 aromatic heterocycles. The van der Waals surface area contributed by atoms with Crippen LogP contribution in [0.5, 0.6) is 0 Å². The Morgan fingerprint density at radius 3 is 2.03 bits per heavy atom. The second-order valence-electron chi connectivity index (χ2n) is 8.20. The molecule has 6 nitrogen and oxygen atoms in total. The van der Waals surface area contributed by atoms with Gasteiger partial charge in [0.25, 0.3) is 0 Å². The maximum Gasteiger partial charge on any atom is 0.410 e. The fourth-order valence-corrected chi connectivity index (χ4v) is 4.68. The van der Waals surface area contributed by atoms with Crippen LogP contribution >= 0.6 is 0 Å². The van der Waals surface area contributed by atoms with E-state index in [0.29, 0.717) is 0 Å². The van der Waals surface area contributed by atoms with Gasteiger partial charge < -0.3 is 19.5 Å². The predicted octanol–water partition coefficient (Wildman–Crippen LogP) is 4.25. The second-order valence-corrected chi connectivity index (χ2v) is 8.20. The largest absolute Gasteiger partial charge is 0.480 e. The van der Waals surface area contributed by atoms with Crippen LogP contribution in [0.3, 0.4) is 0 Å². The maximum atomic E-state index is 12.8. The molecule has 5 rings (SSSR count). The summed E-state index contributed by atoms with van der Waals surface area (Å²) in [6.07, 6.45) is -0.419. The van der Waals surface area contributed by atoms with Crippen molar-refractivity contribution in [1.82, 2.24) is 4.90 Å². The van der Waals surface area contributed by atoms with Gasteiger partial charge in [0.1, 0.15) is 18.8 Å². The van der Waals surface area contributed by atoms with E-state index in [2.05, 4.69) is 24.3 Å². The van der Waals surface area contributed by atoms with Gasteiger partial charge in [-0.1, -0.05) is 78.9 Å². The highest BCUT2D eigenvalue weighted by Gasteiger charge is 2.49. The summed E-state index contributed by atoms with van der Waals surface area (Å²) >= 11 is 0. The van der Waals surface area contributed by atoms with Crippen LogP contribution in [-0.2, 0) is 19.9 Å². The Kier molecular flexibility index (Phi) is 5.15. The quantitative estimate of drug-likeness (QED) is 0.634. The number of amides is 1. The summed E-state index contributed by atoms with van der Waals surface area (Å²) in [4.78, 5) is 25.4. The summed E-state index contributed by atoms with van der Waals surface area (Å²) in [6.45, 7) is 0.326. The number of aliphatic carboxylic acids is 1. The Bertz CT molecular complexity index is 1110. The van der Waals surface area contributed by atoms with Crippen LogP contribution in [0.4, 0.5) is 4.79 Å². The molecule has 3 aromatic rings. The standard InChI is InChI=1S/C26H23NO5/c28-24(29)15-32-26(18-8-2-1-3-9-18)16-27(17-26)25(30)31-14-23-21-12-6-4-10-19(21)20-11-5-7-13-22(20)23/h1-13,23H,14-17H2,(H,28,29). The molecule has 0 bridgehead atoms. The second kappa shape index (κ2) is 8.13. The first kappa shape index (κ1) is 20.3. The molecular weight excluding hydrogens is 406 g/mol. The van der Waals surface area contributed by atoms with Crippen molar-refractivity contribution in [3.05, 3.63) is 95.6 Å². The fraction of sp³-hybridized carbons (Fsp3) is 0.231. The van der Waals surface area contributed by atoms with Crippen LogP contribution in [0.1, 0.15) is 22.6 Å². The van der Waals surface area contributed by atoms with Crippen molar-refractivity contribution >= 4 is 12.1 Å². The van der Waals surface area contributed by atoms with Crippen LogP contribution in [0.2, 0.25) is 0 Å². The van der Waals surface area contributed by atoms with Crippen molar-refractivity contribution in [2.45, 2.75) is 11.5 Å². The zero-order valence-corrected chi connectivity index (χ0v) is 17.4. The number of carbonyl (C=O) groups excluding carboxylic acids is 1. The molecule has 0 atom stereocenters. The van der Waals surface area contributed by atoms with E-state index in [1.165, 1.54) is 11.1 Å². The number of ether oxygens (including phenoxy) is 2. The van der Waals surface area contributed by atoms with Gasteiger partial charge in [-0.25, -0.2) is 9.59 Å². The van der Waals surface area contributed by atoms with Gasteiger partial charge in [-0.2, -0.15) is 0 Å². The Morgan fingerprint density at radius 2 is 1.44 bits per heavy atom. The highest BCUT2D eigenvalue weighted by Crippen LogP contribution is 2.44. The summed E-state index contributed by atoms with van der Waals surface area (Å²) in [5, 5.41) is 9.05. The molecule has 0 radical (unpaired) electrons. The maximum absolute atomic E-state index is 12.8. The van der Waals surface area contributed by atoms with E-state index >= 15 is 0 Å². The van der Waals surface area contributed by atoms with Crippen LogP contribution in [0.15, 0.2) is 78.9 Å². The minimum Gasteiger partial charge on any atom is -0.480 e. The van der Waals surface area contributed by atoms with Gasteiger partial charge in [-0.05, 0) is 27.8 Å². The molecule has 1 heterocycles. The van der Waals surface area contributed by atoms with Gasteiger partial charge in [0.05, 0.1) is 13.1 Å². The minimum atomic E-state index is -1.04. The van der Waals surface area contributed by atoms with Crippen molar-refractivity contribution in [2.75, 3.05) is 26.3 Å². The molecule has 2 aliphatic rings. The lowest BCUT2D eigenvalue weighted by atomic mass is 9.86. The third kappa shape index (κ3) is 3.52. The summed E-state index contributed by atoms with van der Waals surface area (Å²) < 4.78 is 11.4. The van der Waals surface area contributed by atoms with Gasteiger partial charge >= 0.3 is 12.1 Å². The van der Waals surface area contributed by atoms with Crippen LogP contribution in [0.25, 0.3) is 11.1 Å². The Hall–Kier alpha value is -3.64. The van der Waals surface area contributed by atoms with Crippen LogP contribution in [-0.4, -0.2) is 48.4 Å². The predicted molar refractivity (Wildman–Crippen MR) is 118 cm³/mol. The van der Waals surface area contributed by atoms with Gasteiger partial charge in [0.2, 0.25) is 0 Å². The number of carboxylic acid groups (broad SMARTS) is 1. The highest BCUT2D eigenvalue weighted by molar-refractivity contribution is 5.79. The number of carbonyl (C=O) groups is 2. The smallest absolute Gasteiger partial charge is 0.410 e. The van der Waals surface area contributed by atoms with Crippen molar-refractivity contribution in [1.29, 1.82) is 0 Å². The molecule has 1 fully saturated rings. The Morgan fingerprint density at radius 1 is 0.875 bits per heavy atom. The van der Waals surface area contributed by atoms with E-state index in [1.54, 1.807) is 4.90 Å². The minimum absolute atomic E-state index is 0.00484. The molecule has 3 aromatic carbocycles. The molecule has 0 spiro atoms. The molecule has 1 amide bonds. The fourth-order valence-electron chi connectivity index (χ4n) is 4.68. The third-order valence-electron chi connectivity index (χ3n) is 6.26.